The third-order valence-electron chi connectivity index (χ3n) is 3.13. The third kappa shape index (κ3) is 2.72. The van der Waals surface area contributed by atoms with E-state index in [0.717, 1.165) is 21.9 Å². The summed E-state index contributed by atoms with van der Waals surface area (Å²) < 4.78 is 2.03. The van der Waals surface area contributed by atoms with Crippen LogP contribution in [0.5, 0.6) is 0 Å². The lowest BCUT2D eigenvalue weighted by Gasteiger charge is -2.01. The number of aromatic nitrogens is 2. The van der Waals surface area contributed by atoms with Gasteiger partial charge in [-0.25, -0.2) is 4.98 Å². The number of hydrogen-bond acceptors (Lipinski definition) is 3. The van der Waals surface area contributed by atoms with Gasteiger partial charge in [0.25, 0.3) is 0 Å². The molecule has 4 nitrogen and oxygen atoms in total. The van der Waals surface area contributed by atoms with Crippen molar-refractivity contribution in [2.75, 3.05) is 0 Å². The summed E-state index contributed by atoms with van der Waals surface area (Å²) in [6.07, 6.45) is 2.40. The fourth-order valence-corrected chi connectivity index (χ4v) is 2.81. The molecule has 5 heteroatoms. The zero-order valence-corrected chi connectivity index (χ0v) is 12.0. The van der Waals surface area contributed by atoms with E-state index >= 15 is 0 Å². The molecule has 20 heavy (non-hydrogen) atoms. The normalized spacial score (nSPS) is 10.8. The largest absolute Gasteiger partial charge is 0.350 e. The van der Waals surface area contributed by atoms with Gasteiger partial charge >= 0.3 is 0 Å². The Hall–Kier alpha value is -2.14. The van der Waals surface area contributed by atoms with Gasteiger partial charge in [-0.15, -0.1) is 11.3 Å². The molecule has 3 aromatic heterocycles. The van der Waals surface area contributed by atoms with Gasteiger partial charge in [0.15, 0.2) is 0 Å². The molecule has 0 aliphatic carbocycles. The monoisotopic (exact) mass is 285 g/mol. The van der Waals surface area contributed by atoms with Gasteiger partial charge in [0, 0.05) is 16.8 Å². The maximum Gasteiger partial charge on any atom is 0.225 e. The number of carbonyl (C=O) groups is 1. The van der Waals surface area contributed by atoms with Crippen LogP contribution in [0, 0.1) is 6.92 Å². The Morgan fingerprint density at radius 2 is 2.25 bits per heavy atom. The molecule has 1 amide bonds. The minimum absolute atomic E-state index is 0.0289. The summed E-state index contributed by atoms with van der Waals surface area (Å²) in [4.78, 5) is 17.4. The number of fused-ring (bicyclic) bond motifs is 1. The van der Waals surface area contributed by atoms with Gasteiger partial charge in [-0.2, -0.15) is 0 Å². The van der Waals surface area contributed by atoms with Crippen LogP contribution in [-0.2, 0) is 17.8 Å². The predicted molar refractivity (Wildman–Crippen MR) is 79.8 cm³/mol. The summed E-state index contributed by atoms with van der Waals surface area (Å²) in [5, 5.41) is 4.89. The average molecular weight is 285 g/mol. The molecule has 0 aliphatic heterocycles. The SMILES string of the molecule is Cc1cccc2nc(CNC(=O)Cc3cccs3)cn12. The molecule has 0 spiro atoms. The molecular formula is C15H15N3OS. The highest BCUT2D eigenvalue weighted by Gasteiger charge is 2.06. The van der Waals surface area contributed by atoms with Crippen molar-refractivity contribution in [2.24, 2.45) is 0 Å². The highest BCUT2D eigenvalue weighted by molar-refractivity contribution is 7.10. The van der Waals surface area contributed by atoms with Crippen molar-refractivity contribution in [1.82, 2.24) is 14.7 Å². The van der Waals surface area contributed by atoms with Crippen LogP contribution >= 0.6 is 11.3 Å². The highest BCUT2D eigenvalue weighted by Crippen LogP contribution is 2.10. The van der Waals surface area contributed by atoms with Gasteiger partial charge < -0.3 is 9.72 Å². The molecule has 0 saturated carbocycles. The molecule has 0 radical (unpaired) electrons. The molecule has 0 atom stereocenters. The van der Waals surface area contributed by atoms with Crippen LogP contribution in [0.15, 0.2) is 41.9 Å². The highest BCUT2D eigenvalue weighted by atomic mass is 32.1. The molecule has 102 valence electrons. The number of nitrogens with zero attached hydrogens (tertiary/aromatic N) is 2. The average Bonchev–Trinajstić information content (AvgIpc) is 3.06. The molecule has 0 saturated heterocycles. The minimum atomic E-state index is 0.0289. The number of nitrogens with one attached hydrogen (secondary N) is 1. The van der Waals surface area contributed by atoms with Crippen LogP contribution in [0.25, 0.3) is 5.65 Å². The predicted octanol–water partition coefficient (Wildman–Crippen LogP) is 2.56. The van der Waals surface area contributed by atoms with Crippen LogP contribution in [0.1, 0.15) is 16.3 Å². The van der Waals surface area contributed by atoms with Gasteiger partial charge in [0.05, 0.1) is 18.7 Å². The Balaban J connectivity index is 1.65. The lowest BCUT2D eigenvalue weighted by molar-refractivity contribution is -0.120. The molecule has 0 bridgehead atoms. The summed E-state index contributed by atoms with van der Waals surface area (Å²) in [7, 11) is 0. The first-order valence-corrected chi connectivity index (χ1v) is 7.33. The fraction of sp³-hybridized carbons (Fsp3) is 0.200. The maximum absolute atomic E-state index is 11.8. The first-order chi connectivity index (χ1) is 9.72. The fourth-order valence-electron chi connectivity index (χ4n) is 2.11. The zero-order chi connectivity index (χ0) is 13.9. The second-order valence-corrected chi connectivity index (χ2v) is 5.69. The molecule has 3 heterocycles. The summed E-state index contributed by atoms with van der Waals surface area (Å²) in [6.45, 7) is 2.50. The van der Waals surface area contributed by atoms with Crippen LogP contribution in [0.2, 0.25) is 0 Å². The van der Waals surface area contributed by atoms with Crippen molar-refractivity contribution in [1.29, 1.82) is 0 Å². The Morgan fingerprint density at radius 3 is 3.00 bits per heavy atom. The van der Waals surface area contributed by atoms with Crippen LogP contribution < -0.4 is 5.32 Å². The molecule has 0 fully saturated rings. The molecule has 1 N–H and O–H groups in total. The van der Waals surface area contributed by atoms with E-state index in [1.54, 1.807) is 11.3 Å². The lowest BCUT2D eigenvalue weighted by Crippen LogP contribution is -2.24. The van der Waals surface area contributed by atoms with E-state index in [1.165, 1.54) is 0 Å². The lowest BCUT2D eigenvalue weighted by atomic mass is 10.3. The van der Waals surface area contributed by atoms with E-state index in [-0.39, 0.29) is 5.91 Å². The summed E-state index contributed by atoms with van der Waals surface area (Å²) >= 11 is 1.60. The minimum Gasteiger partial charge on any atom is -0.350 e. The molecule has 3 aromatic rings. The Bertz CT molecular complexity index is 731. The van der Waals surface area contributed by atoms with Crippen molar-refractivity contribution in [3.05, 3.63) is 58.2 Å². The number of carbonyl (C=O) groups excluding carboxylic acids is 1. The number of pyridine rings is 1. The topological polar surface area (TPSA) is 46.4 Å². The molecule has 3 rings (SSSR count). The Labute approximate surface area is 121 Å². The molecule has 0 aliphatic rings. The smallest absolute Gasteiger partial charge is 0.225 e. The van der Waals surface area contributed by atoms with Crippen LogP contribution in [0.4, 0.5) is 0 Å². The van der Waals surface area contributed by atoms with E-state index in [9.17, 15) is 4.79 Å². The maximum atomic E-state index is 11.8. The summed E-state index contributed by atoms with van der Waals surface area (Å²) in [6, 6.07) is 9.91. The second-order valence-electron chi connectivity index (χ2n) is 4.66. The first kappa shape index (κ1) is 12.9. The molecule has 0 unspecified atom stereocenters. The van der Waals surface area contributed by atoms with E-state index in [1.807, 2.05) is 53.2 Å². The number of imidazole rings is 1. The van der Waals surface area contributed by atoms with E-state index in [2.05, 4.69) is 10.3 Å². The van der Waals surface area contributed by atoms with Gasteiger partial charge in [-0.3, -0.25) is 4.79 Å². The van der Waals surface area contributed by atoms with Gasteiger partial charge in [-0.05, 0) is 30.5 Å². The zero-order valence-electron chi connectivity index (χ0n) is 11.2. The number of aryl methyl sites for hydroxylation is 1. The molecular weight excluding hydrogens is 270 g/mol. The van der Waals surface area contributed by atoms with E-state index < -0.39 is 0 Å². The van der Waals surface area contributed by atoms with Gasteiger partial charge in [-0.1, -0.05) is 12.1 Å². The van der Waals surface area contributed by atoms with Crippen molar-refractivity contribution >= 4 is 22.9 Å². The van der Waals surface area contributed by atoms with Gasteiger partial charge in [0.2, 0.25) is 5.91 Å². The number of thiophene rings is 1. The van der Waals surface area contributed by atoms with Crippen LogP contribution in [0.3, 0.4) is 0 Å². The van der Waals surface area contributed by atoms with E-state index in [4.69, 9.17) is 0 Å². The first-order valence-electron chi connectivity index (χ1n) is 6.45. The molecule has 0 aromatic carbocycles. The number of rotatable bonds is 4. The van der Waals surface area contributed by atoms with Gasteiger partial charge in [0.1, 0.15) is 5.65 Å². The van der Waals surface area contributed by atoms with E-state index in [0.29, 0.717) is 13.0 Å². The third-order valence-corrected chi connectivity index (χ3v) is 4.00. The quantitative estimate of drug-likeness (QED) is 0.801. The summed E-state index contributed by atoms with van der Waals surface area (Å²) in [5.74, 6) is 0.0289. The van der Waals surface area contributed by atoms with Crippen molar-refractivity contribution in [3.8, 4) is 0 Å². The summed E-state index contributed by atoms with van der Waals surface area (Å²) in [5.41, 5.74) is 2.91. The van der Waals surface area contributed by atoms with Crippen molar-refractivity contribution in [3.63, 3.8) is 0 Å². The second kappa shape index (κ2) is 5.46. The standard InChI is InChI=1S/C15H15N3OS/c1-11-4-2-6-14-17-12(10-18(11)14)9-16-15(19)8-13-5-3-7-20-13/h2-7,10H,8-9H2,1H3,(H,16,19). The van der Waals surface area contributed by atoms with Crippen LogP contribution in [-0.4, -0.2) is 15.3 Å². The number of hydrogen-bond donors (Lipinski definition) is 1. The van der Waals surface area contributed by atoms with Crippen molar-refractivity contribution in [2.45, 2.75) is 19.9 Å². The Kier molecular flexibility index (Phi) is 3.52. The van der Waals surface area contributed by atoms with Crippen molar-refractivity contribution < 1.29 is 4.79 Å². The number of amides is 1. The Morgan fingerprint density at radius 1 is 1.35 bits per heavy atom.